The molecule has 4 heteroatoms. The van der Waals surface area contributed by atoms with Crippen LogP contribution in [0.2, 0.25) is 0 Å². The van der Waals surface area contributed by atoms with E-state index in [0.717, 1.165) is 25.2 Å². The smallest absolute Gasteiger partial charge is 0.234 e. The first-order chi connectivity index (χ1) is 8.54. The first kappa shape index (κ1) is 12.9. The molecule has 0 atom stereocenters. The lowest BCUT2D eigenvalue weighted by Gasteiger charge is -2.28. The molecule has 1 aliphatic heterocycles. The third-order valence-electron chi connectivity index (χ3n) is 3.14. The third kappa shape index (κ3) is 3.23. The number of nitrogen functional groups attached to an aromatic ring is 1. The molecule has 1 aromatic rings. The van der Waals surface area contributed by atoms with Gasteiger partial charge in [-0.15, -0.1) is 0 Å². The molecule has 0 aliphatic carbocycles. The minimum Gasteiger partial charge on any atom is -0.399 e. The third-order valence-corrected chi connectivity index (χ3v) is 3.14. The van der Waals surface area contributed by atoms with Crippen LogP contribution in [0.15, 0.2) is 18.2 Å². The van der Waals surface area contributed by atoms with Crippen molar-refractivity contribution >= 4 is 11.6 Å². The van der Waals surface area contributed by atoms with Crippen LogP contribution >= 0.6 is 0 Å². The Labute approximate surface area is 108 Å². The Balaban J connectivity index is 1.97. The van der Waals surface area contributed by atoms with Gasteiger partial charge < -0.3 is 11.1 Å². The predicted molar refractivity (Wildman–Crippen MR) is 73.1 cm³/mol. The van der Waals surface area contributed by atoms with E-state index in [4.69, 9.17) is 5.73 Å². The van der Waals surface area contributed by atoms with E-state index >= 15 is 0 Å². The monoisotopic (exact) mass is 247 g/mol. The minimum absolute atomic E-state index is 0.0948. The maximum absolute atomic E-state index is 11.7. The molecule has 2 rings (SSSR count). The summed E-state index contributed by atoms with van der Waals surface area (Å²) in [5, 5.41) is 2.92. The summed E-state index contributed by atoms with van der Waals surface area (Å²) in [5.74, 6) is 0.0948. The number of hydrogen-bond acceptors (Lipinski definition) is 3. The first-order valence-corrected chi connectivity index (χ1v) is 6.43. The van der Waals surface area contributed by atoms with Crippen molar-refractivity contribution in [3.8, 4) is 0 Å². The second kappa shape index (κ2) is 5.40. The van der Waals surface area contributed by atoms with Gasteiger partial charge in [-0.2, -0.15) is 0 Å². The maximum Gasteiger partial charge on any atom is 0.234 e. The number of hydrogen-bond donors (Lipinski definition) is 2. The predicted octanol–water partition coefficient (Wildman–Crippen LogP) is 1.15. The van der Waals surface area contributed by atoms with E-state index in [0.29, 0.717) is 6.54 Å². The van der Waals surface area contributed by atoms with Crippen LogP contribution in [0, 0.1) is 0 Å². The Morgan fingerprint density at radius 2 is 2.22 bits per heavy atom. The normalized spacial score (nSPS) is 15.5. The Bertz CT molecular complexity index is 443. The zero-order valence-corrected chi connectivity index (χ0v) is 11.1. The van der Waals surface area contributed by atoms with Crippen molar-refractivity contribution in [2.24, 2.45) is 0 Å². The molecular formula is C14H21N3O. The maximum atomic E-state index is 11.7. The lowest BCUT2D eigenvalue weighted by Crippen LogP contribution is -2.42. The van der Waals surface area contributed by atoms with Crippen LogP contribution in [-0.4, -0.2) is 29.9 Å². The molecule has 4 nitrogen and oxygen atoms in total. The van der Waals surface area contributed by atoms with E-state index in [1.165, 1.54) is 11.1 Å². The highest BCUT2D eigenvalue weighted by Gasteiger charge is 2.18. The summed E-state index contributed by atoms with van der Waals surface area (Å²) in [6, 6.07) is 6.25. The first-order valence-electron chi connectivity index (χ1n) is 6.43. The average molecular weight is 247 g/mol. The number of rotatable bonds is 3. The molecule has 0 spiro atoms. The number of nitrogens with two attached hydrogens (primary N) is 1. The fourth-order valence-corrected chi connectivity index (χ4v) is 2.34. The zero-order chi connectivity index (χ0) is 13.1. The van der Waals surface area contributed by atoms with E-state index in [-0.39, 0.29) is 11.9 Å². The van der Waals surface area contributed by atoms with Crippen molar-refractivity contribution < 1.29 is 4.79 Å². The number of fused-ring (bicyclic) bond motifs is 1. The molecule has 0 saturated carbocycles. The van der Waals surface area contributed by atoms with Crippen molar-refractivity contribution in [1.29, 1.82) is 0 Å². The molecule has 0 aromatic heterocycles. The summed E-state index contributed by atoms with van der Waals surface area (Å²) >= 11 is 0. The van der Waals surface area contributed by atoms with Crippen LogP contribution in [0.4, 0.5) is 5.69 Å². The molecule has 1 amide bonds. The SMILES string of the molecule is CC(C)NC(=O)CN1CCc2ccc(N)cc2C1. The van der Waals surface area contributed by atoms with E-state index < -0.39 is 0 Å². The van der Waals surface area contributed by atoms with Gasteiger partial charge in [-0.05, 0) is 43.5 Å². The lowest BCUT2D eigenvalue weighted by atomic mass is 9.99. The number of amides is 1. The van der Waals surface area contributed by atoms with Gasteiger partial charge in [0, 0.05) is 24.8 Å². The molecule has 1 heterocycles. The highest BCUT2D eigenvalue weighted by atomic mass is 16.2. The number of benzene rings is 1. The molecule has 0 saturated heterocycles. The van der Waals surface area contributed by atoms with Crippen LogP contribution in [0.3, 0.4) is 0 Å². The van der Waals surface area contributed by atoms with Gasteiger partial charge in [0.1, 0.15) is 0 Å². The van der Waals surface area contributed by atoms with Crippen LogP contribution < -0.4 is 11.1 Å². The number of nitrogens with one attached hydrogen (secondary N) is 1. The molecule has 0 radical (unpaired) electrons. The molecule has 1 aliphatic rings. The van der Waals surface area contributed by atoms with Crippen LogP contribution in [0.25, 0.3) is 0 Å². The summed E-state index contributed by atoms with van der Waals surface area (Å²) in [5.41, 5.74) is 9.19. The zero-order valence-electron chi connectivity index (χ0n) is 11.1. The van der Waals surface area contributed by atoms with Crippen LogP contribution in [0.5, 0.6) is 0 Å². The fraction of sp³-hybridized carbons (Fsp3) is 0.500. The van der Waals surface area contributed by atoms with Gasteiger partial charge in [-0.3, -0.25) is 9.69 Å². The van der Waals surface area contributed by atoms with Gasteiger partial charge in [0.25, 0.3) is 0 Å². The Morgan fingerprint density at radius 1 is 1.44 bits per heavy atom. The van der Waals surface area contributed by atoms with E-state index in [1.54, 1.807) is 0 Å². The second-order valence-corrected chi connectivity index (χ2v) is 5.21. The molecule has 3 N–H and O–H groups in total. The molecule has 0 bridgehead atoms. The van der Waals surface area contributed by atoms with Gasteiger partial charge in [-0.25, -0.2) is 0 Å². The van der Waals surface area contributed by atoms with Gasteiger partial charge in [0.2, 0.25) is 5.91 Å². The molecule has 18 heavy (non-hydrogen) atoms. The van der Waals surface area contributed by atoms with Gasteiger partial charge in [-0.1, -0.05) is 6.07 Å². The Kier molecular flexibility index (Phi) is 3.87. The topological polar surface area (TPSA) is 58.4 Å². The fourth-order valence-electron chi connectivity index (χ4n) is 2.34. The van der Waals surface area contributed by atoms with Gasteiger partial charge in [0.05, 0.1) is 6.54 Å². The average Bonchev–Trinajstić information content (AvgIpc) is 2.27. The molecule has 1 aromatic carbocycles. The van der Waals surface area contributed by atoms with Crippen LogP contribution in [0.1, 0.15) is 25.0 Å². The van der Waals surface area contributed by atoms with E-state index in [2.05, 4.69) is 16.3 Å². The van der Waals surface area contributed by atoms with Crippen molar-refractivity contribution in [3.63, 3.8) is 0 Å². The lowest BCUT2D eigenvalue weighted by molar-refractivity contribution is -0.122. The molecule has 0 unspecified atom stereocenters. The number of nitrogens with zero attached hydrogens (tertiary/aromatic N) is 1. The van der Waals surface area contributed by atoms with Gasteiger partial charge >= 0.3 is 0 Å². The largest absolute Gasteiger partial charge is 0.399 e. The summed E-state index contributed by atoms with van der Waals surface area (Å²) in [6.07, 6.45) is 0.991. The summed E-state index contributed by atoms with van der Waals surface area (Å²) in [4.78, 5) is 13.9. The highest BCUT2D eigenvalue weighted by Crippen LogP contribution is 2.20. The summed E-state index contributed by atoms with van der Waals surface area (Å²) in [7, 11) is 0. The highest BCUT2D eigenvalue weighted by molar-refractivity contribution is 5.78. The molecule has 98 valence electrons. The quantitative estimate of drug-likeness (QED) is 0.788. The summed E-state index contributed by atoms with van der Waals surface area (Å²) in [6.45, 7) is 6.16. The van der Waals surface area contributed by atoms with Crippen molar-refractivity contribution in [1.82, 2.24) is 10.2 Å². The van der Waals surface area contributed by atoms with Crippen LogP contribution in [-0.2, 0) is 17.8 Å². The van der Waals surface area contributed by atoms with E-state index in [9.17, 15) is 4.79 Å². The number of carbonyl (C=O) groups excluding carboxylic acids is 1. The Morgan fingerprint density at radius 3 is 2.94 bits per heavy atom. The molecule has 0 fully saturated rings. The number of carbonyl (C=O) groups is 1. The Hall–Kier alpha value is -1.55. The van der Waals surface area contributed by atoms with Gasteiger partial charge in [0.15, 0.2) is 0 Å². The van der Waals surface area contributed by atoms with Crippen molar-refractivity contribution in [3.05, 3.63) is 29.3 Å². The van der Waals surface area contributed by atoms with Crippen molar-refractivity contribution in [2.45, 2.75) is 32.9 Å². The second-order valence-electron chi connectivity index (χ2n) is 5.21. The summed E-state index contributed by atoms with van der Waals surface area (Å²) < 4.78 is 0. The standard InChI is InChI=1S/C14H21N3O/c1-10(2)16-14(18)9-17-6-5-11-3-4-13(15)7-12(11)8-17/h3-4,7,10H,5-6,8-9,15H2,1-2H3,(H,16,18). The number of anilines is 1. The van der Waals surface area contributed by atoms with E-state index in [1.807, 2.05) is 26.0 Å². The van der Waals surface area contributed by atoms with Crippen molar-refractivity contribution in [2.75, 3.05) is 18.8 Å². The minimum atomic E-state index is 0.0948. The molecular weight excluding hydrogens is 226 g/mol.